The van der Waals surface area contributed by atoms with Gasteiger partial charge in [0.1, 0.15) is 5.82 Å². The normalized spacial score (nSPS) is 23.9. The molecule has 0 bridgehead atoms. The van der Waals surface area contributed by atoms with Gasteiger partial charge in [0.25, 0.3) is 0 Å². The topological polar surface area (TPSA) is 34.1 Å². The first-order chi connectivity index (χ1) is 8.20. The summed E-state index contributed by atoms with van der Waals surface area (Å²) in [7, 11) is 0. The van der Waals surface area contributed by atoms with Crippen LogP contribution < -0.4 is 5.32 Å². The highest BCUT2D eigenvalue weighted by Crippen LogP contribution is 2.24. The van der Waals surface area contributed by atoms with Crippen LogP contribution in [0.15, 0.2) is 16.7 Å². The van der Waals surface area contributed by atoms with Gasteiger partial charge < -0.3 is 10.1 Å². The third kappa shape index (κ3) is 3.19. The van der Waals surface area contributed by atoms with Crippen molar-refractivity contribution in [1.29, 1.82) is 0 Å². The average Bonchev–Trinajstić information content (AvgIpc) is 2.75. The maximum atomic E-state index is 5.68. The van der Waals surface area contributed by atoms with Gasteiger partial charge in [-0.2, -0.15) is 0 Å². The molecule has 0 aliphatic carbocycles. The van der Waals surface area contributed by atoms with Crippen LogP contribution in [0, 0.1) is 12.8 Å². The summed E-state index contributed by atoms with van der Waals surface area (Å²) in [5.74, 6) is 1.60. The predicted octanol–water partition coefficient (Wildman–Crippen LogP) is 3.38. The van der Waals surface area contributed by atoms with Crippen molar-refractivity contribution in [3.05, 3.63) is 22.3 Å². The number of nitrogens with zero attached hydrogens (tertiary/aromatic N) is 1. The maximum Gasteiger partial charge on any atom is 0.128 e. The zero-order valence-electron chi connectivity index (χ0n) is 10.4. The molecule has 2 unspecified atom stereocenters. The number of rotatable bonds is 4. The lowest BCUT2D eigenvalue weighted by atomic mass is 10.00. The van der Waals surface area contributed by atoms with Crippen molar-refractivity contribution in [3.8, 4) is 0 Å². The Labute approximate surface area is 111 Å². The van der Waals surface area contributed by atoms with Gasteiger partial charge in [-0.15, -0.1) is 0 Å². The molecule has 2 atom stereocenters. The van der Waals surface area contributed by atoms with Gasteiger partial charge in [0, 0.05) is 29.7 Å². The maximum absolute atomic E-state index is 5.68. The lowest BCUT2D eigenvalue weighted by molar-refractivity contribution is 0.0900. The summed E-state index contributed by atoms with van der Waals surface area (Å²) in [6, 6.07) is 2.08. The molecule has 1 aromatic heterocycles. The number of ether oxygens (including phenoxy) is 1. The fourth-order valence-electron chi connectivity index (χ4n) is 2.33. The Kier molecular flexibility index (Phi) is 4.40. The summed E-state index contributed by atoms with van der Waals surface area (Å²) in [6.07, 6.45) is 4.50. The minimum absolute atomic E-state index is 0.415. The first-order valence-corrected chi connectivity index (χ1v) is 6.97. The molecule has 1 aliphatic rings. The van der Waals surface area contributed by atoms with Crippen LogP contribution in [0.25, 0.3) is 0 Å². The van der Waals surface area contributed by atoms with E-state index in [0.29, 0.717) is 12.0 Å². The number of aryl methyl sites for hydroxylation is 1. The lowest BCUT2D eigenvalue weighted by Crippen LogP contribution is -2.23. The second kappa shape index (κ2) is 5.83. The fraction of sp³-hybridized carbons (Fsp3) is 0.615. The van der Waals surface area contributed by atoms with Crippen LogP contribution in [0.1, 0.15) is 25.3 Å². The van der Waals surface area contributed by atoms with Crippen LogP contribution in [-0.2, 0) is 4.74 Å². The summed E-state index contributed by atoms with van der Waals surface area (Å²) in [5.41, 5.74) is 1.17. The Morgan fingerprint density at radius 1 is 1.59 bits per heavy atom. The Bertz CT molecular complexity index is 384. The number of hydrogen-bond donors (Lipinski definition) is 1. The molecule has 2 heterocycles. The van der Waals surface area contributed by atoms with Crippen molar-refractivity contribution < 1.29 is 4.74 Å². The number of halogens is 1. The van der Waals surface area contributed by atoms with Gasteiger partial charge >= 0.3 is 0 Å². The van der Waals surface area contributed by atoms with Gasteiger partial charge in [0.2, 0.25) is 0 Å². The zero-order chi connectivity index (χ0) is 12.3. The third-order valence-corrected chi connectivity index (χ3v) is 3.76. The van der Waals surface area contributed by atoms with Crippen LogP contribution in [0.2, 0.25) is 0 Å². The third-order valence-electron chi connectivity index (χ3n) is 3.33. The molecule has 1 N–H and O–H groups in total. The van der Waals surface area contributed by atoms with Gasteiger partial charge in [-0.3, -0.25) is 0 Å². The van der Waals surface area contributed by atoms with Crippen LogP contribution in [0.3, 0.4) is 0 Å². The second-order valence-corrected chi connectivity index (χ2v) is 5.48. The molecular weight excluding hydrogens is 280 g/mol. The largest absolute Gasteiger partial charge is 0.378 e. The Balaban J connectivity index is 1.93. The number of hydrogen-bond acceptors (Lipinski definition) is 3. The Hall–Kier alpha value is -0.610. The molecule has 3 nitrogen and oxygen atoms in total. The molecule has 0 saturated carbocycles. The van der Waals surface area contributed by atoms with Gasteiger partial charge in [0.15, 0.2) is 0 Å². The van der Waals surface area contributed by atoms with Gasteiger partial charge in [-0.25, -0.2) is 4.98 Å². The molecule has 1 aliphatic heterocycles. The van der Waals surface area contributed by atoms with Gasteiger partial charge in [0.05, 0.1) is 6.10 Å². The van der Waals surface area contributed by atoms with Crippen molar-refractivity contribution in [2.75, 3.05) is 18.5 Å². The highest BCUT2D eigenvalue weighted by molar-refractivity contribution is 9.10. The molecule has 0 amide bonds. The summed E-state index contributed by atoms with van der Waals surface area (Å²) in [4.78, 5) is 4.39. The molecule has 0 aromatic carbocycles. The zero-order valence-corrected chi connectivity index (χ0v) is 12.0. The summed E-state index contributed by atoms with van der Waals surface area (Å²) in [6.45, 7) is 6.11. The van der Waals surface area contributed by atoms with Gasteiger partial charge in [-0.1, -0.05) is 6.92 Å². The summed E-state index contributed by atoms with van der Waals surface area (Å²) in [5, 5.41) is 3.43. The quantitative estimate of drug-likeness (QED) is 0.925. The van der Waals surface area contributed by atoms with E-state index in [0.717, 1.165) is 36.3 Å². The average molecular weight is 299 g/mol. The molecule has 0 radical (unpaired) electrons. The van der Waals surface area contributed by atoms with E-state index < -0.39 is 0 Å². The van der Waals surface area contributed by atoms with E-state index in [1.165, 1.54) is 5.56 Å². The standard InChI is InChI=1S/C13H19BrN2O/c1-3-12-10(4-5-17-12)7-15-13-9(2)6-11(14)8-16-13/h6,8,10,12H,3-5,7H2,1-2H3,(H,15,16). The van der Waals surface area contributed by atoms with Crippen molar-refractivity contribution in [3.63, 3.8) is 0 Å². The molecular formula is C13H19BrN2O. The molecule has 2 rings (SSSR count). The molecule has 94 valence electrons. The van der Waals surface area contributed by atoms with E-state index in [1.54, 1.807) is 0 Å². The van der Waals surface area contributed by atoms with Crippen LogP contribution in [0.5, 0.6) is 0 Å². The molecule has 1 fully saturated rings. The first-order valence-electron chi connectivity index (χ1n) is 6.18. The number of anilines is 1. The van der Waals surface area contributed by atoms with E-state index >= 15 is 0 Å². The SMILES string of the molecule is CCC1OCCC1CNc1ncc(Br)cc1C. The van der Waals surface area contributed by atoms with Crippen molar-refractivity contribution in [1.82, 2.24) is 4.98 Å². The summed E-state index contributed by atoms with van der Waals surface area (Å²) < 4.78 is 6.71. The predicted molar refractivity (Wildman–Crippen MR) is 73.3 cm³/mol. The highest BCUT2D eigenvalue weighted by Gasteiger charge is 2.26. The molecule has 17 heavy (non-hydrogen) atoms. The van der Waals surface area contributed by atoms with Crippen LogP contribution in [0.4, 0.5) is 5.82 Å². The van der Waals surface area contributed by atoms with Gasteiger partial charge in [-0.05, 0) is 47.3 Å². The Morgan fingerprint density at radius 2 is 2.41 bits per heavy atom. The molecule has 0 spiro atoms. The number of nitrogens with one attached hydrogen (secondary N) is 1. The molecule has 1 aromatic rings. The highest BCUT2D eigenvalue weighted by atomic mass is 79.9. The van der Waals surface area contributed by atoms with E-state index in [2.05, 4.69) is 46.1 Å². The summed E-state index contributed by atoms with van der Waals surface area (Å²) >= 11 is 3.42. The van der Waals surface area contributed by atoms with E-state index in [4.69, 9.17) is 4.74 Å². The van der Waals surface area contributed by atoms with Crippen LogP contribution >= 0.6 is 15.9 Å². The molecule has 1 saturated heterocycles. The first kappa shape index (κ1) is 12.8. The minimum Gasteiger partial charge on any atom is -0.378 e. The second-order valence-electron chi connectivity index (χ2n) is 4.57. The van der Waals surface area contributed by atoms with Crippen molar-refractivity contribution >= 4 is 21.7 Å². The lowest BCUT2D eigenvalue weighted by Gasteiger charge is -2.18. The van der Waals surface area contributed by atoms with E-state index in [9.17, 15) is 0 Å². The van der Waals surface area contributed by atoms with Crippen molar-refractivity contribution in [2.45, 2.75) is 32.8 Å². The smallest absolute Gasteiger partial charge is 0.128 e. The number of pyridine rings is 1. The Morgan fingerprint density at radius 3 is 3.12 bits per heavy atom. The number of aromatic nitrogens is 1. The van der Waals surface area contributed by atoms with Crippen molar-refractivity contribution in [2.24, 2.45) is 5.92 Å². The minimum atomic E-state index is 0.415. The molecule has 4 heteroatoms. The van der Waals surface area contributed by atoms with E-state index in [-0.39, 0.29) is 0 Å². The monoisotopic (exact) mass is 298 g/mol. The fourth-order valence-corrected chi connectivity index (χ4v) is 2.78. The van der Waals surface area contributed by atoms with Crippen LogP contribution in [-0.4, -0.2) is 24.2 Å². The van der Waals surface area contributed by atoms with E-state index in [1.807, 2.05) is 6.20 Å².